The molecule has 0 aliphatic heterocycles. The highest BCUT2D eigenvalue weighted by Gasteiger charge is 2.23. The van der Waals surface area contributed by atoms with Crippen molar-refractivity contribution in [1.29, 1.82) is 0 Å². The lowest BCUT2D eigenvalue weighted by Crippen LogP contribution is -2.18. The molecule has 0 atom stereocenters. The van der Waals surface area contributed by atoms with E-state index in [1.165, 1.54) is 11.1 Å². The molecule has 0 unspecified atom stereocenters. The van der Waals surface area contributed by atoms with Crippen LogP contribution in [0.15, 0.2) is 48.5 Å². The fourth-order valence-corrected chi connectivity index (χ4v) is 2.89. The predicted octanol–water partition coefficient (Wildman–Crippen LogP) is 4.84. The zero-order valence-electron chi connectivity index (χ0n) is 17.0. The van der Waals surface area contributed by atoms with E-state index < -0.39 is 0 Å². The topological polar surface area (TPSA) is 36.9 Å². The Kier molecular flexibility index (Phi) is 8.62. The van der Waals surface area contributed by atoms with Gasteiger partial charge >= 0.3 is 0 Å². The van der Waals surface area contributed by atoms with Crippen molar-refractivity contribution in [1.82, 2.24) is 0 Å². The largest absolute Gasteiger partial charge is 0.494 e. The van der Waals surface area contributed by atoms with E-state index >= 15 is 0 Å². The monoisotopic (exact) mass is 372 g/mol. The van der Waals surface area contributed by atoms with Crippen LogP contribution in [-0.4, -0.2) is 40.6 Å². The van der Waals surface area contributed by atoms with Crippen LogP contribution < -0.4 is 9.47 Å². The molecular weight excluding hydrogens is 340 g/mol. The van der Waals surface area contributed by atoms with Crippen molar-refractivity contribution in [2.45, 2.75) is 32.1 Å². The second kappa shape index (κ2) is 11.0. The van der Waals surface area contributed by atoms with Crippen LogP contribution in [0.2, 0.25) is 0 Å². The maximum Gasteiger partial charge on any atom is 0.119 e. The maximum absolute atomic E-state index is 5.75. The summed E-state index contributed by atoms with van der Waals surface area (Å²) in [7, 11) is 3.41. The highest BCUT2D eigenvalue weighted by Crippen LogP contribution is 2.33. The molecule has 2 aromatic rings. The predicted molar refractivity (Wildman–Crippen MR) is 109 cm³/mol. The molecular formula is C23H32O4. The zero-order valence-corrected chi connectivity index (χ0v) is 17.0. The van der Waals surface area contributed by atoms with Gasteiger partial charge in [-0.25, -0.2) is 0 Å². The Morgan fingerprint density at radius 2 is 0.963 bits per heavy atom. The van der Waals surface area contributed by atoms with E-state index in [1.807, 2.05) is 24.3 Å². The molecule has 0 saturated heterocycles. The number of hydrogen-bond acceptors (Lipinski definition) is 4. The van der Waals surface area contributed by atoms with Gasteiger partial charge in [-0.3, -0.25) is 0 Å². The molecule has 0 N–H and O–H groups in total. The van der Waals surface area contributed by atoms with Crippen LogP contribution in [-0.2, 0) is 14.9 Å². The highest BCUT2D eigenvalue weighted by molar-refractivity contribution is 5.41. The van der Waals surface area contributed by atoms with Crippen molar-refractivity contribution in [3.63, 3.8) is 0 Å². The lowest BCUT2D eigenvalue weighted by molar-refractivity contribution is 0.172. The van der Waals surface area contributed by atoms with Crippen molar-refractivity contribution >= 4 is 0 Å². The third-order valence-electron chi connectivity index (χ3n) is 4.68. The van der Waals surface area contributed by atoms with Gasteiger partial charge in [0.05, 0.1) is 13.2 Å². The van der Waals surface area contributed by atoms with Crippen molar-refractivity contribution in [3.8, 4) is 11.5 Å². The smallest absolute Gasteiger partial charge is 0.119 e. The standard InChI is InChI=1S/C23H32O4/c1-23(2,19-7-11-21(12-8-19)26-17-5-15-24-3)20-9-13-22(14-10-20)27-18-6-16-25-4/h7-14H,5-6,15-18H2,1-4H3. The molecule has 27 heavy (non-hydrogen) atoms. The van der Waals surface area contributed by atoms with Gasteiger partial charge in [0.25, 0.3) is 0 Å². The lowest BCUT2D eigenvalue weighted by atomic mass is 9.78. The van der Waals surface area contributed by atoms with Gasteiger partial charge in [0.2, 0.25) is 0 Å². The third-order valence-corrected chi connectivity index (χ3v) is 4.68. The molecule has 0 spiro atoms. The number of hydrogen-bond donors (Lipinski definition) is 0. The van der Waals surface area contributed by atoms with Crippen LogP contribution in [0.3, 0.4) is 0 Å². The molecule has 2 aromatic carbocycles. The summed E-state index contributed by atoms with van der Waals surface area (Å²) in [6.07, 6.45) is 1.78. The second-order valence-electron chi connectivity index (χ2n) is 7.06. The summed E-state index contributed by atoms with van der Waals surface area (Å²) in [5.41, 5.74) is 2.41. The van der Waals surface area contributed by atoms with Crippen molar-refractivity contribution in [2.24, 2.45) is 0 Å². The summed E-state index contributed by atoms with van der Waals surface area (Å²) in [5.74, 6) is 1.79. The van der Waals surface area contributed by atoms with Crippen LogP contribution in [0.5, 0.6) is 11.5 Å². The molecule has 148 valence electrons. The van der Waals surface area contributed by atoms with E-state index in [9.17, 15) is 0 Å². The summed E-state index contributed by atoms with van der Waals surface area (Å²) >= 11 is 0. The third kappa shape index (κ3) is 6.56. The van der Waals surface area contributed by atoms with Crippen LogP contribution >= 0.6 is 0 Å². The van der Waals surface area contributed by atoms with Gasteiger partial charge in [0.1, 0.15) is 11.5 Å². The van der Waals surface area contributed by atoms with Crippen molar-refractivity contribution < 1.29 is 18.9 Å². The van der Waals surface area contributed by atoms with Gasteiger partial charge < -0.3 is 18.9 Å². The minimum atomic E-state index is -0.0941. The van der Waals surface area contributed by atoms with Gasteiger partial charge in [-0.15, -0.1) is 0 Å². The Balaban J connectivity index is 1.96. The van der Waals surface area contributed by atoms with Crippen LogP contribution in [0.4, 0.5) is 0 Å². The van der Waals surface area contributed by atoms with Gasteiger partial charge in [0, 0.05) is 45.7 Å². The lowest BCUT2D eigenvalue weighted by Gasteiger charge is -2.26. The van der Waals surface area contributed by atoms with Crippen LogP contribution in [0.1, 0.15) is 37.8 Å². The summed E-state index contributed by atoms with van der Waals surface area (Å²) in [4.78, 5) is 0. The van der Waals surface area contributed by atoms with Crippen LogP contribution in [0, 0.1) is 0 Å². The number of methoxy groups -OCH3 is 2. The Morgan fingerprint density at radius 1 is 0.593 bits per heavy atom. The number of benzene rings is 2. The van der Waals surface area contributed by atoms with E-state index in [0.717, 1.165) is 37.6 Å². The maximum atomic E-state index is 5.75. The van der Waals surface area contributed by atoms with Gasteiger partial charge in [-0.2, -0.15) is 0 Å². The zero-order chi connectivity index (χ0) is 19.5. The molecule has 0 bridgehead atoms. The van der Waals surface area contributed by atoms with E-state index in [1.54, 1.807) is 14.2 Å². The number of rotatable bonds is 12. The fourth-order valence-electron chi connectivity index (χ4n) is 2.89. The minimum absolute atomic E-state index is 0.0941. The molecule has 2 rings (SSSR count). The second-order valence-corrected chi connectivity index (χ2v) is 7.06. The average Bonchev–Trinajstić information content (AvgIpc) is 2.69. The van der Waals surface area contributed by atoms with Gasteiger partial charge in [0.15, 0.2) is 0 Å². The molecule has 4 heteroatoms. The molecule has 0 aliphatic rings. The first-order valence-electron chi connectivity index (χ1n) is 9.52. The van der Waals surface area contributed by atoms with Gasteiger partial charge in [-0.1, -0.05) is 38.1 Å². The molecule has 0 radical (unpaired) electrons. The molecule has 4 nitrogen and oxygen atoms in total. The molecule has 0 saturated carbocycles. The first-order chi connectivity index (χ1) is 13.1. The molecule has 0 fully saturated rings. The molecule has 0 heterocycles. The Morgan fingerprint density at radius 3 is 1.30 bits per heavy atom. The summed E-state index contributed by atoms with van der Waals surface area (Å²) in [6.45, 7) is 7.24. The minimum Gasteiger partial charge on any atom is -0.494 e. The summed E-state index contributed by atoms with van der Waals surface area (Å²) in [5, 5.41) is 0. The SMILES string of the molecule is COCCCOc1ccc(C(C)(C)c2ccc(OCCCOC)cc2)cc1. The quantitative estimate of drug-likeness (QED) is 0.500. The molecule has 0 amide bonds. The van der Waals surface area contributed by atoms with E-state index in [4.69, 9.17) is 18.9 Å². The van der Waals surface area contributed by atoms with Gasteiger partial charge in [-0.05, 0) is 35.4 Å². The average molecular weight is 373 g/mol. The fraction of sp³-hybridized carbons (Fsp3) is 0.478. The Hall–Kier alpha value is -2.04. The molecule has 0 aromatic heterocycles. The number of ether oxygens (including phenoxy) is 4. The van der Waals surface area contributed by atoms with Crippen molar-refractivity contribution in [3.05, 3.63) is 59.7 Å². The molecule has 0 aliphatic carbocycles. The van der Waals surface area contributed by atoms with E-state index in [2.05, 4.69) is 38.1 Å². The van der Waals surface area contributed by atoms with E-state index in [-0.39, 0.29) is 5.41 Å². The summed E-state index contributed by atoms with van der Waals surface area (Å²) < 4.78 is 21.6. The van der Waals surface area contributed by atoms with E-state index in [0.29, 0.717) is 13.2 Å². The Bertz CT molecular complexity index is 590. The Labute approximate surface area is 163 Å². The first kappa shape index (κ1) is 21.3. The normalized spacial score (nSPS) is 11.4. The van der Waals surface area contributed by atoms with Crippen molar-refractivity contribution in [2.75, 3.05) is 40.6 Å². The van der Waals surface area contributed by atoms with Crippen LogP contribution in [0.25, 0.3) is 0 Å². The summed E-state index contributed by atoms with van der Waals surface area (Å²) in [6, 6.07) is 16.7. The first-order valence-corrected chi connectivity index (χ1v) is 9.52. The highest BCUT2D eigenvalue weighted by atomic mass is 16.5.